The summed E-state index contributed by atoms with van der Waals surface area (Å²) in [4.78, 5) is 27.5. The van der Waals surface area contributed by atoms with Gasteiger partial charge in [-0.15, -0.1) is 0 Å². The minimum Gasteiger partial charge on any atom is -0.359 e. The molecule has 0 saturated carbocycles. The monoisotopic (exact) mass is 265 g/mol. The predicted molar refractivity (Wildman–Crippen MR) is 72.2 cm³/mol. The van der Waals surface area contributed by atoms with Crippen molar-refractivity contribution in [3.63, 3.8) is 0 Å². The van der Waals surface area contributed by atoms with Gasteiger partial charge in [0.05, 0.1) is 22.9 Å². The second kappa shape index (κ2) is 6.14. The minimum atomic E-state index is -0.687. The Morgan fingerprint density at radius 1 is 1.42 bits per heavy atom. The Kier molecular flexibility index (Phi) is 4.82. The zero-order valence-corrected chi connectivity index (χ0v) is 11.3. The summed E-state index contributed by atoms with van der Waals surface area (Å²) in [7, 11) is 1.56. The molecule has 0 aliphatic carbocycles. The van der Waals surface area contributed by atoms with Gasteiger partial charge in [-0.05, 0) is 19.9 Å². The Balaban J connectivity index is 2.73. The lowest BCUT2D eigenvalue weighted by molar-refractivity contribution is -0.128. The molecule has 104 valence electrons. The lowest BCUT2D eigenvalue weighted by Gasteiger charge is -2.23. The van der Waals surface area contributed by atoms with Crippen LogP contribution < -0.4 is 21.9 Å². The molecule has 0 aliphatic rings. The van der Waals surface area contributed by atoms with Gasteiger partial charge in [-0.3, -0.25) is 20.4 Å². The quantitative estimate of drug-likeness (QED) is 0.438. The molecule has 0 aliphatic heterocycles. The first-order valence-corrected chi connectivity index (χ1v) is 5.83. The van der Waals surface area contributed by atoms with Crippen molar-refractivity contribution in [3.05, 3.63) is 24.0 Å². The molecule has 7 heteroatoms. The largest absolute Gasteiger partial charge is 0.359 e. The molecular formula is C12H19N5O2. The van der Waals surface area contributed by atoms with Gasteiger partial charge in [0.2, 0.25) is 5.91 Å². The van der Waals surface area contributed by atoms with Crippen LogP contribution in [0.4, 0.5) is 5.69 Å². The van der Waals surface area contributed by atoms with E-state index in [1.807, 2.05) is 0 Å². The second-order valence-corrected chi connectivity index (χ2v) is 4.71. The van der Waals surface area contributed by atoms with Crippen LogP contribution in [0.5, 0.6) is 0 Å². The molecule has 2 amide bonds. The van der Waals surface area contributed by atoms with Gasteiger partial charge in [0, 0.05) is 19.8 Å². The minimum absolute atomic E-state index is 0.139. The summed E-state index contributed by atoms with van der Waals surface area (Å²) in [5, 5.41) is 5.26. The molecular weight excluding hydrogens is 246 g/mol. The fraction of sp³-hybridized carbons (Fsp3) is 0.417. The molecule has 5 N–H and O–H groups in total. The molecule has 0 fully saturated rings. The van der Waals surface area contributed by atoms with Crippen molar-refractivity contribution >= 4 is 17.5 Å². The van der Waals surface area contributed by atoms with Crippen LogP contribution in [0.25, 0.3) is 0 Å². The number of pyridine rings is 1. The molecule has 1 heterocycles. The van der Waals surface area contributed by atoms with Crippen molar-refractivity contribution in [1.29, 1.82) is 0 Å². The Hall–Kier alpha value is -2.15. The van der Waals surface area contributed by atoms with Gasteiger partial charge >= 0.3 is 0 Å². The molecule has 7 nitrogen and oxygen atoms in total. The summed E-state index contributed by atoms with van der Waals surface area (Å²) >= 11 is 0. The van der Waals surface area contributed by atoms with E-state index in [2.05, 4.69) is 21.0 Å². The van der Waals surface area contributed by atoms with Gasteiger partial charge in [-0.2, -0.15) is 0 Å². The van der Waals surface area contributed by atoms with E-state index in [-0.39, 0.29) is 18.4 Å². The highest BCUT2D eigenvalue weighted by atomic mass is 16.2. The fourth-order valence-corrected chi connectivity index (χ4v) is 1.52. The molecule has 0 atom stereocenters. The lowest BCUT2D eigenvalue weighted by Crippen LogP contribution is -2.43. The Bertz CT molecular complexity index is 473. The highest BCUT2D eigenvalue weighted by Crippen LogP contribution is 2.15. The topological polar surface area (TPSA) is 109 Å². The van der Waals surface area contributed by atoms with Crippen molar-refractivity contribution in [2.45, 2.75) is 13.8 Å². The number of nitrogens with two attached hydrogens (primary N) is 1. The SMILES string of the molecule is CNC(=O)C(C)(C)CNC(=O)c1ccncc1NN. The molecule has 0 bridgehead atoms. The molecule has 0 spiro atoms. The van der Waals surface area contributed by atoms with E-state index in [4.69, 9.17) is 5.84 Å². The van der Waals surface area contributed by atoms with Crippen molar-refractivity contribution in [2.75, 3.05) is 19.0 Å². The van der Waals surface area contributed by atoms with Crippen LogP contribution in [0.2, 0.25) is 0 Å². The van der Waals surface area contributed by atoms with Crippen LogP contribution in [0.1, 0.15) is 24.2 Å². The average Bonchev–Trinajstić information content (AvgIpc) is 2.43. The number of carbonyl (C=O) groups is 2. The summed E-state index contributed by atoms with van der Waals surface area (Å²) < 4.78 is 0. The number of carbonyl (C=O) groups excluding carboxylic acids is 2. The highest BCUT2D eigenvalue weighted by molar-refractivity contribution is 5.99. The van der Waals surface area contributed by atoms with Gasteiger partial charge < -0.3 is 16.1 Å². The van der Waals surface area contributed by atoms with Gasteiger partial charge in [0.25, 0.3) is 5.91 Å². The first kappa shape index (κ1) is 14.9. The maximum atomic E-state index is 12.0. The summed E-state index contributed by atoms with van der Waals surface area (Å²) in [6, 6.07) is 1.55. The first-order chi connectivity index (χ1) is 8.92. The van der Waals surface area contributed by atoms with E-state index in [9.17, 15) is 9.59 Å². The van der Waals surface area contributed by atoms with E-state index in [1.54, 1.807) is 27.0 Å². The van der Waals surface area contributed by atoms with Crippen LogP contribution in [0.15, 0.2) is 18.5 Å². The zero-order chi connectivity index (χ0) is 14.5. The molecule has 0 unspecified atom stereocenters. The Morgan fingerprint density at radius 3 is 2.68 bits per heavy atom. The van der Waals surface area contributed by atoms with Gasteiger partial charge in [-0.25, -0.2) is 0 Å². The van der Waals surface area contributed by atoms with Crippen LogP contribution in [0.3, 0.4) is 0 Å². The lowest BCUT2D eigenvalue weighted by atomic mass is 9.92. The van der Waals surface area contributed by atoms with Crippen LogP contribution >= 0.6 is 0 Å². The number of nitrogens with zero attached hydrogens (tertiary/aromatic N) is 1. The number of anilines is 1. The predicted octanol–water partition coefficient (Wildman–Crippen LogP) is -0.131. The molecule has 1 aromatic heterocycles. The summed E-state index contributed by atoms with van der Waals surface area (Å²) in [5.74, 6) is 4.85. The molecule has 0 saturated heterocycles. The number of hydrogen-bond acceptors (Lipinski definition) is 5. The zero-order valence-electron chi connectivity index (χ0n) is 11.3. The number of amides is 2. The number of nitrogen functional groups attached to an aromatic ring is 1. The third kappa shape index (κ3) is 3.65. The standard InChI is InChI=1S/C12H19N5O2/c1-12(2,11(19)14-3)7-16-10(18)8-4-5-15-6-9(8)17-13/h4-6,17H,7,13H2,1-3H3,(H,14,19)(H,16,18). The van der Waals surface area contributed by atoms with E-state index < -0.39 is 5.41 Å². The Labute approximate surface area is 111 Å². The van der Waals surface area contributed by atoms with Gasteiger partial charge in [0.1, 0.15) is 0 Å². The summed E-state index contributed by atoms with van der Waals surface area (Å²) in [6.07, 6.45) is 2.96. The second-order valence-electron chi connectivity index (χ2n) is 4.71. The van der Waals surface area contributed by atoms with Gasteiger partial charge in [-0.1, -0.05) is 0 Å². The third-order valence-corrected chi connectivity index (χ3v) is 2.75. The van der Waals surface area contributed by atoms with Crippen LogP contribution in [-0.4, -0.2) is 30.4 Å². The molecule has 0 aromatic carbocycles. The number of hydrazine groups is 1. The van der Waals surface area contributed by atoms with Crippen molar-refractivity contribution in [2.24, 2.45) is 11.3 Å². The smallest absolute Gasteiger partial charge is 0.253 e. The van der Waals surface area contributed by atoms with Crippen LogP contribution in [0, 0.1) is 5.41 Å². The van der Waals surface area contributed by atoms with E-state index in [0.717, 1.165) is 0 Å². The molecule has 0 radical (unpaired) electrons. The van der Waals surface area contributed by atoms with Crippen molar-refractivity contribution in [3.8, 4) is 0 Å². The van der Waals surface area contributed by atoms with Crippen molar-refractivity contribution < 1.29 is 9.59 Å². The molecule has 19 heavy (non-hydrogen) atoms. The summed E-state index contributed by atoms with van der Waals surface area (Å²) in [5.41, 5.74) is 2.53. The number of nitrogens with one attached hydrogen (secondary N) is 3. The molecule has 1 rings (SSSR count). The maximum Gasteiger partial charge on any atom is 0.253 e. The van der Waals surface area contributed by atoms with E-state index in [1.165, 1.54) is 12.4 Å². The molecule has 1 aromatic rings. The Morgan fingerprint density at radius 2 is 2.11 bits per heavy atom. The van der Waals surface area contributed by atoms with Gasteiger partial charge in [0.15, 0.2) is 0 Å². The third-order valence-electron chi connectivity index (χ3n) is 2.75. The fourth-order valence-electron chi connectivity index (χ4n) is 1.52. The maximum absolute atomic E-state index is 12.0. The normalized spacial score (nSPS) is 10.7. The average molecular weight is 265 g/mol. The number of aromatic nitrogens is 1. The van der Waals surface area contributed by atoms with E-state index in [0.29, 0.717) is 11.3 Å². The number of rotatable bonds is 5. The summed E-state index contributed by atoms with van der Waals surface area (Å²) in [6.45, 7) is 3.72. The first-order valence-electron chi connectivity index (χ1n) is 5.83. The van der Waals surface area contributed by atoms with Crippen LogP contribution in [-0.2, 0) is 4.79 Å². The highest BCUT2D eigenvalue weighted by Gasteiger charge is 2.27. The number of hydrogen-bond donors (Lipinski definition) is 4. The van der Waals surface area contributed by atoms with Crippen molar-refractivity contribution in [1.82, 2.24) is 15.6 Å². The van der Waals surface area contributed by atoms with E-state index >= 15 is 0 Å².